The van der Waals surface area contributed by atoms with Crippen molar-refractivity contribution in [2.24, 2.45) is 5.92 Å². The van der Waals surface area contributed by atoms with Gasteiger partial charge in [0.1, 0.15) is 0 Å². The van der Waals surface area contributed by atoms with Crippen LogP contribution in [0, 0.1) is 19.8 Å². The largest absolute Gasteiger partial charge is 0.493 e. The Morgan fingerprint density at radius 1 is 1.20 bits per heavy atom. The zero-order valence-corrected chi connectivity index (χ0v) is 15.6. The highest BCUT2D eigenvalue weighted by Gasteiger charge is 2.11. The molecule has 25 heavy (non-hydrogen) atoms. The summed E-state index contributed by atoms with van der Waals surface area (Å²) < 4.78 is 12.5. The minimum atomic E-state index is -0.00700. The minimum absolute atomic E-state index is 0.00700. The van der Waals surface area contributed by atoms with Gasteiger partial charge in [0.25, 0.3) is 0 Å². The van der Waals surface area contributed by atoms with Crippen molar-refractivity contribution in [3.05, 3.63) is 41.2 Å². The fourth-order valence-corrected chi connectivity index (χ4v) is 2.75. The molecule has 1 N–H and O–H groups in total. The summed E-state index contributed by atoms with van der Waals surface area (Å²) in [6, 6.07) is 7.58. The molecular weight excluding hydrogens is 318 g/mol. The zero-order valence-electron chi connectivity index (χ0n) is 15.6. The van der Waals surface area contributed by atoms with E-state index in [1.807, 2.05) is 36.7 Å². The standard InChI is InChI=1S/C19H27N3O3/c1-13(12-22-15(3)8-14(2)21-22)11-20-19(23)10-16-6-7-17(24-4)18(9-16)25-5/h6-9,13H,10-12H2,1-5H3,(H,20,23)/t13-/m1/s1. The van der Waals surface area contributed by atoms with E-state index in [0.717, 1.165) is 23.5 Å². The van der Waals surface area contributed by atoms with E-state index in [4.69, 9.17) is 9.47 Å². The fraction of sp³-hybridized carbons (Fsp3) is 0.474. The van der Waals surface area contributed by atoms with Crippen molar-refractivity contribution < 1.29 is 14.3 Å². The number of hydrogen-bond donors (Lipinski definition) is 1. The molecule has 0 aliphatic rings. The molecule has 6 nitrogen and oxygen atoms in total. The number of amides is 1. The topological polar surface area (TPSA) is 65.4 Å². The maximum Gasteiger partial charge on any atom is 0.224 e. The Kier molecular flexibility index (Phi) is 6.44. The number of methoxy groups -OCH3 is 2. The van der Waals surface area contributed by atoms with Crippen LogP contribution in [0.25, 0.3) is 0 Å². The maximum atomic E-state index is 12.2. The number of carbonyl (C=O) groups is 1. The predicted octanol–water partition coefficient (Wildman–Crippen LogP) is 2.51. The molecule has 136 valence electrons. The molecule has 0 saturated carbocycles. The first-order valence-corrected chi connectivity index (χ1v) is 8.41. The Labute approximate surface area is 149 Å². The lowest BCUT2D eigenvalue weighted by molar-refractivity contribution is -0.120. The van der Waals surface area contributed by atoms with Crippen molar-refractivity contribution in [1.82, 2.24) is 15.1 Å². The highest BCUT2D eigenvalue weighted by atomic mass is 16.5. The van der Waals surface area contributed by atoms with Crippen LogP contribution in [0.1, 0.15) is 23.9 Å². The van der Waals surface area contributed by atoms with Crippen LogP contribution < -0.4 is 14.8 Å². The summed E-state index contributed by atoms with van der Waals surface area (Å²) in [6.07, 6.45) is 0.312. The fourth-order valence-electron chi connectivity index (χ4n) is 2.75. The summed E-state index contributed by atoms with van der Waals surface area (Å²) in [5.41, 5.74) is 3.05. The number of hydrogen-bond acceptors (Lipinski definition) is 4. The van der Waals surface area contributed by atoms with Gasteiger partial charge in [0.15, 0.2) is 11.5 Å². The van der Waals surface area contributed by atoms with E-state index in [2.05, 4.69) is 23.4 Å². The van der Waals surface area contributed by atoms with Gasteiger partial charge in [-0.25, -0.2) is 0 Å². The van der Waals surface area contributed by atoms with E-state index in [1.165, 1.54) is 0 Å². The van der Waals surface area contributed by atoms with Crippen LogP contribution in [-0.4, -0.2) is 36.5 Å². The predicted molar refractivity (Wildman–Crippen MR) is 97.1 cm³/mol. The lowest BCUT2D eigenvalue weighted by Crippen LogP contribution is -2.31. The quantitative estimate of drug-likeness (QED) is 0.798. The first kappa shape index (κ1) is 18.8. The third kappa shape index (κ3) is 5.24. The number of carbonyl (C=O) groups excluding carboxylic acids is 1. The van der Waals surface area contributed by atoms with Gasteiger partial charge in [0.2, 0.25) is 5.91 Å². The Morgan fingerprint density at radius 2 is 1.92 bits per heavy atom. The first-order valence-electron chi connectivity index (χ1n) is 8.41. The van der Waals surface area contributed by atoms with Gasteiger partial charge in [0.05, 0.1) is 26.3 Å². The van der Waals surface area contributed by atoms with Crippen LogP contribution in [0.5, 0.6) is 11.5 Å². The number of benzene rings is 1. The molecule has 0 saturated heterocycles. The summed E-state index contributed by atoms with van der Waals surface area (Å²) in [5, 5.41) is 7.45. The summed E-state index contributed by atoms with van der Waals surface area (Å²) in [5.74, 6) is 1.58. The number of aryl methyl sites for hydroxylation is 2. The summed E-state index contributed by atoms with van der Waals surface area (Å²) in [4.78, 5) is 12.2. The van der Waals surface area contributed by atoms with Crippen molar-refractivity contribution in [3.8, 4) is 11.5 Å². The molecule has 0 aliphatic heterocycles. The molecule has 1 aromatic carbocycles. The van der Waals surface area contributed by atoms with Gasteiger partial charge in [-0.05, 0) is 43.5 Å². The van der Waals surface area contributed by atoms with Gasteiger partial charge >= 0.3 is 0 Å². The van der Waals surface area contributed by atoms with E-state index >= 15 is 0 Å². The molecule has 1 heterocycles. The molecule has 0 radical (unpaired) electrons. The van der Waals surface area contributed by atoms with E-state index in [0.29, 0.717) is 30.4 Å². The lowest BCUT2D eigenvalue weighted by Gasteiger charge is -2.14. The highest BCUT2D eigenvalue weighted by Crippen LogP contribution is 2.27. The highest BCUT2D eigenvalue weighted by molar-refractivity contribution is 5.78. The Morgan fingerprint density at radius 3 is 2.52 bits per heavy atom. The SMILES string of the molecule is COc1ccc(CC(=O)NC[C@@H](C)Cn2nc(C)cc2C)cc1OC. The van der Waals surface area contributed by atoms with E-state index in [-0.39, 0.29) is 5.91 Å². The van der Waals surface area contributed by atoms with E-state index < -0.39 is 0 Å². The smallest absolute Gasteiger partial charge is 0.224 e. The van der Waals surface area contributed by atoms with Crippen LogP contribution in [0.3, 0.4) is 0 Å². The first-order chi connectivity index (χ1) is 11.9. The second kappa shape index (κ2) is 8.55. The molecule has 1 atom stereocenters. The molecule has 2 aromatic rings. The van der Waals surface area contributed by atoms with Crippen LogP contribution in [-0.2, 0) is 17.8 Å². The minimum Gasteiger partial charge on any atom is -0.493 e. The summed E-state index contributed by atoms with van der Waals surface area (Å²) in [7, 11) is 3.18. The number of ether oxygens (including phenoxy) is 2. The Balaban J connectivity index is 1.85. The molecule has 0 spiro atoms. The average Bonchev–Trinajstić information content (AvgIpc) is 2.90. The van der Waals surface area contributed by atoms with Gasteiger partial charge in [-0.15, -0.1) is 0 Å². The molecule has 2 rings (SSSR count). The molecule has 0 bridgehead atoms. The number of rotatable bonds is 8. The van der Waals surface area contributed by atoms with Crippen LogP contribution >= 0.6 is 0 Å². The Bertz CT molecular complexity index is 725. The third-order valence-corrected chi connectivity index (χ3v) is 4.05. The van der Waals surface area contributed by atoms with Crippen molar-refractivity contribution >= 4 is 5.91 Å². The van der Waals surface area contributed by atoms with E-state index in [9.17, 15) is 4.79 Å². The molecule has 6 heteroatoms. The van der Waals surface area contributed by atoms with Crippen LogP contribution in [0.15, 0.2) is 24.3 Å². The second-order valence-corrected chi connectivity index (χ2v) is 6.38. The normalized spacial score (nSPS) is 11.9. The maximum absolute atomic E-state index is 12.2. The zero-order chi connectivity index (χ0) is 18.4. The van der Waals surface area contributed by atoms with Gasteiger partial charge in [-0.1, -0.05) is 13.0 Å². The van der Waals surface area contributed by atoms with Crippen molar-refractivity contribution in [1.29, 1.82) is 0 Å². The number of nitrogens with zero attached hydrogens (tertiary/aromatic N) is 2. The van der Waals surface area contributed by atoms with Gasteiger partial charge in [0, 0.05) is 18.8 Å². The van der Waals surface area contributed by atoms with Gasteiger partial charge < -0.3 is 14.8 Å². The summed E-state index contributed by atoms with van der Waals surface area (Å²) in [6.45, 7) is 7.54. The monoisotopic (exact) mass is 345 g/mol. The van der Waals surface area contributed by atoms with Crippen LogP contribution in [0.4, 0.5) is 0 Å². The van der Waals surface area contributed by atoms with Gasteiger partial charge in [-0.2, -0.15) is 5.10 Å². The second-order valence-electron chi connectivity index (χ2n) is 6.38. The van der Waals surface area contributed by atoms with Gasteiger partial charge in [-0.3, -0.25) is 9.48 Å². The molecule has 0 aliphatic carbocycles. The van der Waals surface area contributed by atoms with Crippen LogP contribution in [0.2, 0.25) is 0 Å². The summed E-state index contributed by atoms with van der Waals surface area (Å²) >= 11 is 0. The van der Waals surface area contributed by atoms with Crippen molar-refractivity contribution in [2.75, 3.05) is 20.8 Å². The molecule has 1 amide bonds. The molecule has 1 aromatic heterocycles. The Hall–Kier alpha value is -2.50. The molecule has 0 fully saturated rings. The molecular formula is C19H27N3O3. The lowest BCUT2D eigenvalue weighted by atomic mass is 10.1. The average molecular weight is 345 g/mol. The van der Waals surface area contributed by atoms with Crippen molar-refractivity contribution in [3.63, 3.8) is 0 Å². The van der Waals surface area contributed by atoms with Crippen molar-refractivity contribution in [2.45, 2.75) is 33.7 Å². The molecule has 0 unspecified atom stereocenters. The number of aromatic nitrogens is 2. The third-order valence-electron chi connectivity index (χ3n) is 4.05. The number of nitrogens with one attached hydrogen (secondary N) is 1. The van der Waals surface area contributed by atoms with E-state index in [1.54, 1.807) is 14.2 Å².